The lowest BCUT2D eigenvalue weighted by Crippen LogP contribution is -2.17. The quantitative estimate of drug-likeness (QED) is 0.890. The van der Waals surface area contributed by atoms with Crippen molar-refractivity contribution in [2.24, 2.45) is 5.92 Å². The van der Waals surface area contributed by atoms with E-state index in [4.69, 9.17) is 0 Å². The predicted octanol–water partition coefficient (Wildman–Crippen LogP) is 4.32. The lowest BCUT2D eigenvalue weighted by Gasteiger charge is -2.12. The van der Waals surface area contributed by atoms with Gasteiger partial charge in [0.2, 0.25) is 0 Å². The summed E-state index contributed by atoms with van der Waals surface area (Å²) in [7, 11) is 2.04. The average Bonchev–Trinajstić information content (AvgIpc) is 2.69. The van der Waals surface area contributed by atoms with Crippen LogP contribution in [0.4, 0.5) is 0 Å². The van der Waals surface area contributed by atoms with Gasteiger partial charge in [-0.3, -0.25) is 0 Å². The molecule has 0 fully saturated rings. The highest BCUT2D eigenvalue weighted by atomic mass is 35.5. The largest absolute Gasteiger partial charge is 0.319 e. The van der Waals surface area contributed by atoms with Gasteiger partial charge in [0.05, 0.1) is 0 Å². The summed E-state index contributed by atoms with van der Waals surface area (Å²) in [4.78, 5) is 0. The van der Waals surface area contributed by atoms with E-state index in [1.807, 2.05) is 7.05 Å². The van der Waals surface area contributed by atoms with Crippen molar-refractivity contribution >= 4 is 18.0 Å². The third-order valence-electron chi connectivity index (χ3n) is 4.05. The Bertz CT molecular complexity index is 604. The van der Waals surface area contributed by atoms with Crippen LogP contribution >= 0.6 is 12.4 Å². The van der Waals surface area contributed by atoms with Gasteiger partial charge in [0.1, 0.15) is 0 Å². The molecular weight excluding hydrogens is 278 g/mol. The van der Waals surface area contributed by atoms with Gasteiger partial charge < -0.3 is 5.32 Å². The third kappa shape index (κ3) is 3.55. The molecule has 0 spiro atoms. The number of benzene rings is 2. The van der Waals surface area contributed by atoms with E-state index in [-0.39, 0.29) is 12.4 Å². The zero-order chi connectivity index (χ0) is 13.8. The SMILES string of the molecule is CNCC1C=C(c2ccccc2)c2ccccc2CC1.Cl. The van der Waals surface area contributed by atoms with Crippen molar-refractivity contribution in [3.63, 3.8) is 0 Å². The first kappa shape index (κ1) is 15.8. The molecule has 1 unspecified atom stereocenters. The first-order chi connectivity index (χ1) is 9.88. The highest BCUT2D eigenvalue weighted by Crippen LogP contribution is 2.32. The molecule has 1 atom stereocenters. The molecule has 110 valence electrons. The number of hydrogen-bond donors (Lipinski definition) is 1. The van der Waals surface area contributed by atoms with E-state index in [1.165, 1.54) is 28.7 Å². The fraction of sp³-hybridized carbons (Fsp3) is 0.263. The van der Waals surface area contributed by atoms with Crippen LogP contribution in [0.3, 0.4) is 0 Å². The first-order valence-electron chi connectivity index (χ1n) is 7.38. The van der Waals surface area contributed by atoms with Gasteiger partial charge in [-0.25, -0.2) is 0 Å². The summed E-state index contributed by atoms with van der Waals surface area (Å²) < 4.78 is 0. The Labute approximate surface area is 133 Å². The topological polar surface area (TPSA) is 12.0 Å². The molecule has 1 aliphatic carbocycles. The average molecular weight is 300 g/mol. The molecule has 0 aromatic heterocycles. The number of halogens is 1. The maximum Gasteiger partial charge on any atom is 0.00116 e. The molecule has 2 heteroatoms. The molecule has 1 nitrogen and oxygen atoms in total. The van der Waals surface area contributed by atoms with Crippen LogP contribution in [-0.4, -0.2) is 13.6 Å². The molecule has 0 heterocycles. The maximum atomic E-state index is 3.32. The van der Waals surface area contributed by atoms with Crippen molar-refractivity contribution in [1.82, 2.24) is 5.32 Å². The summed E-state index contributed by atoms with van der Waals surface area (Å²) in [6, 6.07) is 19.6. The van der Waals surface area contributed by atoms with Crippen LogP contribution in [0.2, 0.25) is 0 Å². The van der Waals surface area contributed by atoms with Gasteiger partial charge in [-0.15, -0.1) is 12.4 Å². The van der Waals surface area contributed by atoms with Crippen LogP contribution in [0, 0.1) is 5.92 Å². The molecule has 2 aromatic carbocycles. The van der Waals surface area contributed by atoms with Crippen molar-refractivity contribution in [3.05, 3.63) is 77.4 Å². The third-order valence-corrected chi connectivity index (χ3v) is 4.05. The van der Waals surface area contributed by atoms with E-state index in [9.17, 15) is 0 Å². The summed E-state index contributed by atoms with van der Waals surface area (Å²) in [5.74, 6) is 0.600. The molecule has 21 heavy (non-hydrogen) atoms. The first-order valence-corrected chi connectivity index (χ1v) is 7.38. The summed E-state index contributed by atoms with van der Waals surface area (Å²) >= 11 is 0. The van der Waals surface area contributed by atoms with Gasteiger partial charge in [0.15, 0.2) is 0 Å². The minimum atomic E-state index is 0. The van der Waals surface area contributed by atoms with Crippen molar-refractivity contribution in [2.75, 3.05) is 13.6 Å². The van der Waals surface area contributed by atoms with Crippen LogP contribution in [-0.2, 0) is 6.42 Å². The van der Waals surface area contributed by atoms with E-state index >= 15 is 0 Å². The van der Waals surface area contributed by atoms with Crippen LogP contribution < -0.4 is 5.32 Å². The lowest BCUT2D eigenvalue weighted by atomic mass is 9.93. The number of aryl methyl sites for hydroxylation is 1. The molecule has 0 saturated heterocycles. The van der Waals surface area contributed by atoms with Crippen molar-refractivity contribution in [3.8, 4) is 0 Å². The summed E-state index contributed by atoms with van der Waals surface area (Å²) in [5.41, 5.74) is 5.58. The maximum absolute atomic E-state index is 3.32. The second kappa shape index (κ2) is 7.44. The molecule has 0 radical (unpaired) electrons. The molecule has 0 aliphatic heterocycles. The summed E-state index contributed by atoms with van der Waals surface area (Å²) in [6.45, 7) is 1.05. The lowest BCUT2D eigenvalue weighted by molar-refractivity contribution is 0.558. The van der Waals surface area contributed by atoms with Gasteiger partial charge in [-0.2, -0.15) is 0 Å². The van der Waals surface area contributed by atoms with Crippen molar-refractivity contribution in [2.45, 2.75) is 12.8 Å². The molecule has 0 saturated carbocycles. The smallest absolute Gasteiger partial charge is 0.00116 e. The van der Waals surface area contributed by atoms with Gasteiger partial charge >= 0.3 is 0 Å². The zero-order valence-corrected chi connectivity index (χ0v) is 13.2. The summed E-state index contributed by atoms with van der Waals surface area (Å²) in [5, 5.41) is 3.32. The van der Waals surface area contributed by atoms with E-state index < -0.39 is 0 Å². The molecule has 2 aromatic rings. The number of hydrogen-bond acceptors (Lipinski definition) is 1. The molecule has 0 amide bonds. The highest BCUT2D eigenvalue weighted by Gasteiger charge is 2.17. The fourth-order valence-corrected chi connectivity index (χ4v) is 3.04. The second-order valence-corrected chi connectivity index (χ2v) is 5.46. The standard InChI is InChI=1S/C19H21N.ClH/c1-20-14-15-11-12-17-9-5-6-10-18(17)19(13-15)16-7-3-2-4-8-16;/h2-10,13,15,20H,11-12,14H2,1H3;1H. The molecular formula is C19H22ClN. The van der Waals surface area contributed by atoms with E-state index in [1.54, 1.807) is 0 Å². The van der Waals surface area contributed by atoms with Gasteiger partial charge in [-0.05, 0) is 48.1 Å². The van der Waals surface area contributed by atoms with E-state index in [0.29, 0.717) is 5.92 Å². The highest BCUT2D eigenvalue weighted by molar-refractivity contribution is 5.85. The fourth-order valence-electron chi connectivity index (χ4n) is 3.04. The zero-order valence-electron chi connectivity index (χ0n) is 12.4. The van der Waals surface area contributed by atoms with Crippen molar-refractivity contribution < 1.29 is 0 Å². The Hall–Kier alpha value is -1.57. The minimum absolute atomic E-state index is 0. The number of nitrogens with one attached hydrogen (secondary N) is 1. The van der Waals surface area contributed by atoms with Crippen LogP contribution in [0.5, 0.6) is 0 Å². The van der Waals surface area contributed by atoms with Crippen molar-refractivity contribution in [1.29, 1.82) is 0 Å². The van der Waals surface area contributed by atoms with Gasteiger partial charge in [-0.1, -0.05) is 60.7 Å². The van der Waals surface area contributed by atoms with E-state index in [2.05, 4.69) is 66.0 Å². The van der Waals surface area contributed by atoms with Gasteiger partial charge in [0, 0.05) is 6.54 Å². The normalized spacial score (nSPS) is 17.2. The molecule has 1 aliphatic rings. The van der Waals surface area contributed by atoms with E-state index in [0.717, 1.165) is 13.0 Å². The monoisotopic (exact) mass is 299 g/mol. The Morgan fingerprint density at radius 2 is 1.71 bits per heavy atom. The van der Waals surface area contributed by atoms with Crippen LogP contribution in [0.15, 0.2) is 60.7 Å². The number of rotatable bonds is 3. The Morgan fingerprint density at radius 1 is 1.00 bits per heavy atom. The summed E-state index contributed by atoms with van der Waals surface area (Å²) in [6.07, 6.45) is 4.83. The Morgan fingerprint density at radius 3 is 2.48 bits per heavy atom. The number of fused-ring (bicyclic) bond motifs is 1. The van der Waals surface area contributed by atoms with Crippen LogP contribution in [0.25, 0.3) is 5.57 Å². The second-order valence-electron chi connectivity index (χ2n) is 5.46. The molecule has 3 rings (SSSR count). The van der Waals surface area contributed by atoms with Gasteiger partial charge in [0.25, 0.3) is 0 Å². The predicted molar refractivity (Wildman–Crippen MR) is 92.9 cm³/mol. The molecule has 1 N–H and O–H groups in total. The Kier molecular flexibility index (Phi) is 5.60. The molecule has 0 bridgehead atoms. The van der Waals surface area contributed by atoms with Crippen LogP contribution in [0.1, 0.15) is 23.1 Å². The Balaban J connectivity index is 0.00000161. The minimum Gasteiger partial charge on any atom is -0.319 e.